The van der Waals surface area contributed by atoms with Gasteiger partial charge in [-0.2, -0.15) is 0 Å². The van der Waals surface area contributed by atoms with E-state index in [-0.39, 0.29) is 0 Å². The number of carbonyl (C=O) groups is 1. The molecule has 2 N–H and O–H groups in total. The molecule has 0 amide bonds. The minimum atomic E-state index is -0.866. The summed E-state index contributed by atoms with van der Waals surface area (Å²) in [5.41, 5.74) is 2.17. The van der Waals surface area contributed by atoms with Gasteiger partial charge < -0.3 is 15.3 Å². The van der Waals surface area contributed by atoms with Crippen LogP contribution in [0, 0.1) is 6.92 Å². The van der Waals surface area contributed by atoms with Gasteiger partial charge in [0.15, 0.2) is 0 Å². The van der Waals surface area contributed by atoms with Crippen molar-refractivity contribution in [2.75, 3.05) is 25.5 Å². The Hall–Kier alpha value is -1.55. The molecule has 0 spiro atoms. The second-order valence-corrected chi connectivity index (χ2v) is 4.99. The van der Waals surface area contributed by atoms with E-state index in [1.807, 2.05) is 19.1 Å². The van der Waals surface area contributed by atoms with Crippen molar-refractivity contribution >= 4 is 11.7 Å². The fourth-order valence-corrected chi connectivity index (χ4v) is 2.49. The van der Waals surface area contributed by atoms with Gasteiger partial charge in [-0.1, -0.05) is 0 Å². The molecular weight excluding hydrogens is 228 g/mol. The van der Waals surface area contributed by atoms with Crippen LogP contribution in [-0.4, -0.2) is 42.2 Å². The normalized spacial score (nSPS) is 20.0. The summed E-state index contributed by atoms with van der Waals surface area (Å²) in [6, 6.07) is 5.99. The van der Waals surface area contributed by atoms with Gasteiger partial charge in [0.05, 0.1) is 5.56 Å². The maximum absolute atomic E-state index is 10.9. The van der Waals surface area contributed by atoms with Crippen molar-refractivity contribution in [2.24, 2.45) is 0 Å². The number of carboxylic acids is 1. The Labute approximate surface area is 108 Å². The number of hydrogen-bond acceptors (Lipinski definition) is 3. The zero-order valence-corrected chi connectivity index (χ0v) is 10.9. The van der Waals surface area contributed by atoms with Crippen molar-refractivity contribution in [1.82, 2.24) is 4.90 Å². The molecule has 2 rings (SSSR count). The number of benzene rings is 1. The number of hydrogen-bond donors (Lipinski definition) is 2. The van der Waals surface area contributed by atoms with E-state index in [1.54, 1.807) is 6.07 Å². The molecular formula is C14H20N2O2. The zero-order chi connectivity index (χ0) is 13.1. The summed E-state index contributed by atoms with van der Waals surface area (Å²) in [4.78, 5) is 13.3. The van der Waals surface area contributed by atoms with Crippen molar-refractivity contribution in [3.8, 4) is 0 Å². The van der Waals surface area contributed by atoms with Gasteiger partial charge in [0.25, 0.3) is 0 Å². The third-order valence-electron chi connectivity index (χ3n) is 3.67. The number of likely N-dealkylation sites (N-methyl/N-ethyl adjacent to an activating group) is 1. The molecule has 98 valence electrons. The lowest BCUT2D eigenvalue weighted by Crippen LogP contribution is -2.31. The van der Waals surface area contributed by atoms with E-state index in [9.17, 15) is 4.79 Å². The largest absolute Gasteiger partial charge is 0.478 e. The smallest absolute Gasteiger partial charge is 0.335 e. The lowest BCUT2D eigenvalue weighted by molar-refractivity contribution is 0.0696. The topological polar surface area (TPSA) is 52.6 Å². The molecule has 1 fully saturated rings. The number of aryl methyl sites for hydroxylation is 1. The minimum Gasteiger partial charge on any atom is -0.478 e. The standard InChI is InChI=1S/C14H20N2O2/c1-10-8-11(5-6-13(10)14(17)18)15-9-12-4-3-7-16(12)2/h5-6,8,12,15H,3-4,7,9H2,1-2H3,(H,17,18). The quantitative estimate of drug-likeness (QED) is 0.857. The first-order valence-corrected chi connectivity index (χ1v) is 6.36. The molecule has 0 bridgehead atoms. The zero-order valence-electron chi connectivity index (χ0n) is 10.9. The lowest BCUT2D eigenvalue weighted by Gasteiger charge is -2.20. The third kappa shape index (κ3) is 2.82. The van der Waals surface area contributed by atoms with Gasteiger partial charge in [0.2, 0.25) is 0 Å². The number of nitrogens with zero attached hydrogens (tertiary/aromatic N) is 1. The summed E-state index contributed by atoms with van der Waals surface area (Å²) in [6.45, 7) is 3.92. The highest BCUT2D eigenvalue weighted by Gasteiger charge is 2.20. The van der Waals surface area contributed by atoms with Crippen LogP contribution in [0.3, 0.4) is 0 Å². The van der Waals surface area contributed by atoms with Crippen LogP contribution in [0.15, 0.2) is 18.2 Å². The van der Waals surface area contributed by atoms with Gasteiger partial charge in [-0.15, -0.1) is 0 Å². The maximum atomic E-state index is 10.9. The van der Waals surface area contributed by atoms with E-state index in [1.165, 1.54) is 19.4 Å². The van der Waals surface area contributed by atoms with Crippen molar-refractivity contribution in [1.29, 1.82) is 0 Å². The van der Waals surface area contributed by atoms with Crippen LogP contribution in [0.4, 0.5) is 5.69 Å². The molecule has 1 aliphatic rings. The van der Waals surface area contributed by atoms with Gasteiger partial charge in [-0.05, 0) is 57.1 Å². The number of carboxylic acid groups (broad SMARTS) is 1. The number of rotatable bonds is 4. The average Bonchev–Trinajstić information content (AvgIpc) is 2.72. The van der Waals surface area contributed by atoms with E-state index in [0.717, 1.165) is 17.8 Å². The summed E-state index contributed by atoms with van der Waals surface area (Å²) in [5.74, 6) is -0.866. The SMILES string of the molecule is Cc1cc(NCC2CCCN2C)ccc1C(=O)O. The van der Waals surface area contributed by atoms with Gasteiger partial charge in [-0.3, -0.25) is 0 Å². The summed E-state index contributed by atoms with van der Waals surface area (Å²) in [6.07, 6.45) is 2.50. The van der Waals surface area contributed by atoms with E-state index in [0.29, 0.717) is 11.6 Å². The second kappa shape index (κ2) is 5.40. The van der Waals surface area contributed by atoms with Crippen LogP contribution in [0.1, 0.15) is 28.8 Å². The van der Waals surface area contributed by atoms with E-state index >= 15 is 0 Å². The van der Waals surface area contributed by atoms with Crippen molar-refractivity contribution in [3.63, 3.8) is 0 Å². The number of nitrogens with one attached hydrogen (secondary N) is 1. The van der Waals surface area contributed by atoms with Crippen LogP contribution in [0.25, 0.3) is 0 Å². The average molecular weight is 248 g/mol. The third-order valence-corrected chi connectivity index (χ3v) is 3.67. The molecule has 0 radical (unpaired) electrons. The summed E-state index contributed by atoms with van der Waals surface area (Å²) < 4.78 is 0. The van der Waals surface area contributed by atoms with Crippen molar-refractivity contribution in [2.45, 2.75) is 25.8 Å². The Bertz CT molecular complexity index is 445. The predicted molar refractivity (Wildman–Crippen MR) is 72.3 cm³/mol. The Morgan fingerprint density at radius 2 is 2.33 bits per heavy atom. The Balaban J connectivity index is 1.98. The maximum Gasteiger partial charge on any atom is 0.335 e. The molecule has 4 nitrogen and oxygen atoms in total. The van der Waals surface area contributed by atoms with Crippen LogP contribution in [0.5, 0.6) is 0 Å². The molecule has 4 heteroatoms. The monoisotopic (exact) mass is 248 g/mol. The highest BCUT2D eigenvalue weighted by molar-refractivity contribution is 5.89. The fraction of sp³-hybridized carbons (Fsp3) is 0.500. The van der Waals surface area contributed by atoms with Crippen LogP contribution in [-0.2, 0) is 0 Å². The summed E-state index contributed by atoms with van der Waals surface area (Å²) in [7, 11) is 2.15. The van der Waals surface area contributed by atoms with Gasteiger partial charge in [-0.25, -0.2) is 4.79 Å². The molecule has 1 atom stereocenters. The van der Waals surface area contributed by atoms with Gasteiger partial charge in [0, 0.05) is 18.3 Å². The molecule has 1 unspecified atom stereocenters. The van der Waals surface area contributed by atoms with Gasteiger partial charge in [0.1, 0.15) is 0 Å². The molecule has 0 aromatic heterocycles. The van der Waals surface area contributed by atoms with Crippen LogP contribution < -0.4 is 5.32 Å². The first-order valence-electron chi connectivity index (χ1n) is 6.36. The summed E-state index contributed by atoms with van der Waals surface area (Å²) >= 11 is 0. The molecule has 18 heavy (non-hydrogen) atoms. The second-order valence-electron chi connectivity index (χ2n) is 4.99. The number of likely N-dealkylation sites (tertiary alicyclic amines) is 1. The lowest BCUT2D eigenvalue weighted by atomic mass is 10.1. The molecule has 1 aromatic rings. The highest BCUT2D eigenvalue weighted by atomic mass is 16.4. The van der Waals surface area contributed by atoms with Gasteiger partial charge >= 0.3 is 5.97 Å². The Morgan fingerprint density at radius 1 is 1.56 bits per heavy atom. The van der Waals surface area contributed by atoms with Crippen molar-refractivity contribution in [3.05, 3.63) is 29.3 Å². The highest BCUT2D eigenvalue weighted by Crippen LogP contribution is 2.18. The fourth-order valence-electron chi connectivity index (χ4n) is 2.49. The summed E-state index contributed by atoms with van der Waals surface area (Å²) in [5, 5.41) is 12.4. The number of aromatic carboxylic acids is 1. The number of anilines is 1. The minimum absolute atomic E-state index is 0.374. The van der Waals surface area contributed by atoms with E-state index in [2.05, 4.69) is 17.3 Å². The molecule has 0 saturated carbocycles. The Kier molecular flexibility index (Phi) is 3.87. The molecule has 0 aliphatic carbocycles. The molecule has 1 saturated heterocycles. The van der Waals surface area contributed by atoms with Crippen LogP contribution >= 0.6 is 0 Å². The van der Waals surface area contributed by atoms with Crippen LogP contribution in [0.2, 0.25) is 0 Å². The molecule has 1 aliphatic heterocycles. The first kappa shape index (κ1) is 12.9. The Morgan fingerprint density at radius 3 is 2.89 bits per heavy atom. The first-order chi connectivity index (χ1) is 8.58. The molecule has 1 aromatic carbocycles. The van der Waals surface area contributed by atoms with E-state index in [4.69, 9.17) is 5.11 Å². The van der Waals surface area contributed by atoms with E-state index < -0.39 is 5.97 Å². The molecule has 1 heterocycles. The van der Waals surface area contributed by atoms with Crippen molar-refractivity contribution < 1.29 is 9.90 Å². The predicted octanol–water partition coefficient (Wildman–Crippen LogP) is 2.20.